The molecule has 1 N–H and O–H groups in total. The molecule has 0 spiro atoms. The second-order valence-electron chi connectivity index (χ2n) is 7.54. The summed E-state index contributed by atoms with van der Waals surface area (Å²) in [6.45, 7) is 10.9. The van der Waals surface area contributed by atoms with Crippen LogP contribution in [0.1, 0.15) is 45.7 Å². The van der Waals surface area contributed by atoms with Crippen molar-refractivity contribution in [3.05, 3.63) is 29.3 Å². The van der Waals surface area contributed by atoms with Crippen LogP contribution in [0.3, 0.4) is 0 Å². The van der Waals surface area contributed by atoms with E-state index in [2.05, 4.69) is 19.2 Å². The molecule has 6 heteroatoms. The number of aryl methyl sites for hydroxylation is 2. The number of nitrogens with one attached hydrogen (secondary N) is 1. The zero-order valence-electron chi connectivity index (χ0n) is 17.1. The van der Waals surface area contributed by atoms with Gasteiger partial charge in [-0.25, -0.2) is 0 Å². The molecule has 0 atom stereocenters. The average molecular weight is 373 g/mol. The zero-order chi connectivity index (χ0) is 20.2. The monoisotopic (exact) mass is 373 g/mol. The van der Waals surface area contributed by atoms with Crippen LogP contribution in [0.4, 0.5) is 5.69 Å². The number of nitrogens with zero attached hydrogens (tertiary/aromatic N) is 2. The molecule has 6 nitrogen and oxygen atoms in total. The number of carbonyl (C=O) groups is 3. The number of benzene rings is 1. The topological polar surface area (TPSA) is 69.7 Å². The van der Waals surface area contributed by atoms with Gasteiger partial charge in [0, 0.05) is 38.8 Å². The maximum Gasteiger partial charge on any atom is 0.239 e. The Kier molecular flexibility index (Phi) is 6.63. The van der Waals surface area contributed by atoms with Gasteiger partial charge in [0.05, 0.1) is 0 Å². The Bertz CT molecular complexity index is 697. The van der Waals surface area contributed by atoms with Crippen LogP contribution in [-0.4, -0.2) is 53.7 Å². The standard InChI is InChI=1S/C21H31N3O3/c1-6-16-9-8-10-17(7-2)18(16)22-19(26)21(4,5)20(27)24-13-11-23(12-14-24)15(3)25/h8-10H,6-7,11-14H2,1-5H3,(H,22,26). The van der Waals surface area contributed by atoms with Crippen molar-refractivity contribution in [1.82, 2.24) is 9.80 Å². The third kappa shape index (κ3) is 4.49. The Balaban J connectivity index is 2.14. The van der Waals surface area contributed by atoms with Crippen molar-refractivity contribution >= 4 is 23.4 Å². The first kappa shape index (κ1) is 20.9. The maximum atomic E-state index is 13.0. The lowest BCUT2D eigenvalue weighted by Crippen LogP contribution is -2.55. The fourth-order valence-corrected chi connectivity index (χ4v) is 3.39. The molecule has 27 heavy (non-hydrogen) atoms. The van der Waals surface area contributed by atoms with Gasteiger partial charge in [0.1, 0.15) is 5.41 Å². The summed E-state index contributed by atoms with van der Waals surface area (Å²) in [5.74, 6) is -0.477. The van der Waals surface area contributed by atoms with Crippen molar-refractivity contribution in [1.29, 1.82) is 0 Å². The molecular weight excluding hydrogens is 342 g/mol. The maximum absolute atomic E-state index is 13.0. The van der Waals surface area contributed by atoms with E-state index in [-0.39, 0.29) is 17.7 Å². The van der Waals surface area contributed by atoms with E-state index in [0.717, 1.165) is 29.7 Å². The first-order valence-corrected chi connectivity index (χ1v) is 9.69. The first-order valence-electron chi connectivity index (χ1n) is 9.69. The van der Waals surface area contributed by atoms with Crippen LogP contribution in [0.15, 0.2) is 18.2 Å². The summed E-state index contributed by atoms with van der Waals surface area (Å²) in [4.78, 5) is 40.9. The summed E-state index contributed by atoms with van der Waals surface area (Å²) in [7, 11) is 0. The van der Waals surface area contributed by atoms with E-state index in [1.165, 1.54) is 6.92 Å². The summed E-state index contributed by atoms with van der Waals surface area (Å²) < 4.78 is 0. The summed E-state index contributed by atoms with van der Waals surface area (Å²) in [6, 6.07) is 6.01. The average Bonchev–Trinajstić information content (AvgIpc) is 2.67. The number of rotatable bonds is 5. The highest BCUT2D eigenvalue weighted by Crippen LogP contribution is 2.27. The molecular formula is C21H31N3O3. The largest absolute Gasteiger partial charge is 0.339 e. The molecule has 1 fully saturated rings. The van der Waals surface area contributed by atoms with Gasteiger partial charge in [0.2, 0.25) is 17.7 Å². The van der Waals surface area contributed by atoms with E-state index < -0.39 is 5.41 Å². The predicted octanol–water partition coefficient (Wildman–Crippen LogP) is 2.47. The molecule has 0 aliphatic carbocycles. The van der Waals surface area contributed by atoms with Crippen LogP contribution in [0.25, 0.3) is 0 Å². The number of para-hydroxylation sites is 1. The van der Waals surface area contributed by atoms with E-state index >= 15 is 0 Å². The van der Waals surface area contributed by atoms with Gasteiger partial charge >= 0.3 is 0 Å². The highest BCUT2D eigenvalue weighted by molar-refractivity contribution is 6.10. The number of carbonyl (C=O) groups excluding carboxylic acids is 3. The van der Waals surface area contributed by atoms with Gasteiger partial charge in [-0.3, -0.25) is 14.4 Å². The Morgan fingerprint density at radius 1 is 0.963 bits per heavy atom. The van der Waals surface area contributed by atoms with Crippen LogP contribution < -0.4 is 5.32 Å². The van der Waals surface area contributed by atoms with E-state index in [4.69, 9.17) is 0 Å². The van der Waals surface area contributed by atoms with E-state index in [0.29, 0.717) is 26.2 Å². The molecule has 1 saturated heterocycles. The lowest BCUT2D eigenvalue weighted by atomic mass is 9.89. The highest BCUT2D eigenvalue weighted by atomic mass is 16.2. The first-order chi connectivity index (χ1) is 12.7. The summed E-state index contributed by atoms with van der Waals surface area (Å²) in [5.41, 5.74) is 1.79. The molecule has 0 bridgehead atoms. The normalized spacial score (nSPS) is 14.9. The Morgan fingerprint density at radius 2 is 1.44 bits per heavy atom. The molecule has 0 saturated carbocycles. The molecule has 3 amide bonds. The predicted molar refractivity (Wildman–Crippen MR) is 106 cm³/mol. The van der Waals surface area contributed by atoms with Crippen LogP contribution >= 0.6 is 0 Å². The minimum Gasteiger partial charge on any atom is -0.339 e. The van der Waals surface area contributed by atoms with Crippen LogP contribution in [0.2, 0.25) is 0 Å². The number of amides is 3. The second kappa shape index (κ2) is 8.55. The van der Waals surface area contributed by atoms with E-state index in [1.807, 2.05) is 18.2 Å². The molecule has 1 heterocycles. The lowest BCUT2D eigenvalue weighted by molar-refractivity contribution is -0.149. The minimum absolute atomic E-state index is 0.0161. The van der Waals surface area contributed by atoms with Crippen LogP contribution in [0.5, 0.6) is 0 Å². The third-order valence-corrected chi connectivity index (χ3v) is 5.35. The van der Waals surface area contributed by atoms with Gasteiger partial charge < -0.3 is 15.1 Å². The van der Waals surface area contributed by atoms with Gasteiger partial charge in [0.15, 0.2) is 0 Å². The van der Waals surface area contributed by atoms with Crippen molar-refractivity contribution in [3.8, 4) is 0 Å². The summed E-state index contributed by atoms with van der Waals surface area (Å²) >= 11 is 0. The Morgan fingerprint density at radius 3 is 1.89 bits per heavy atom. The third-order valence-electron chi connectivity index (χ3n) is 5.35. The molecule has 148 valence electrons. The van der Waals surface area contributed by atoms with Crippen molar-refractivity contribution in [2.75, 3.05) is 31.5 Å². The zero-order valence-corrected chi connectivity index (χ0v) is 17.1. The van der Waals surface area contributed by atoms with Crippen molar-refractivity contribution in [2.24, 2.45) is 5.41 Å². The van der Waals surface area contributed by atoms with Crippen LogP contribution in [-0.2, 0) is 27.2 Å². The van der Waals surface area contributed by atoms with Gasteiger partial charge in [-0.1, -0.05) is 32.0 Å². The van der Waals surface area contributed by atoms with E-state index in [9.17, 15) is 14.4 Å². The van der Waals surface area contributed by atoms with Crippen molar-refractivity contribution in [3.63, 3.8) is 0 Å². The fraction of sp³-hybridized carbons (Fsp3) is 0.571. The molecule has 1 aromatic rings. The molecule has 1 aliphatic rings. The molecule has 0 unspecified atom stereocenters. The Labute approximate surface area is 161 Å². The Hall–Kier alpha value is -2.37. The number of piperazine rings is 1. The van der Waals surface area contributed by atoms with Crippen LogP contribution in [0, 0.1) is 5.41 Å². The molecule has 0 aromatic heterocycles. The molecule has 0 radical (unpaired) electrons. The number of hydrogen-bond acceptors (Lipinski definition) is 3. The van der Waals surface area contributed by atoms with E-state index in [1.54, 1.807) is 23.6 Å². The number of anilines is 1. The van der Waals surface area contributed by atoms with Crippen molar-refractivity contribution in [2.45, 2.75) is 47.5 Å². The SMILES string of the molecule is CCc1cccc(CC)c1NC(=O)C(C)(C)C(=O)N1CCN(C(C)=O)CC1. The van der Waals surface area contributed by atoms with Gasteiger partial charge in [0.25, 0.3) is 0 Å². The molecule has 1 aromatic carbocycles. The molecule has 2 rings (SSSR count). The smallest absolute Gasteiger partial charge is 0.239 e. The fourth-order valence-electron chi connectivity index (χ4n) is 3.39. The highest BCUT2D eigenvalue weighted by Gasteiger charge is 2.40. The minimum atomic E-state index is -1.18. The van der Waals surface area contributed by atoms with Gasteiger partial charge in [-0.2, -0.15) is 0 Å². The summed E-state index contributed by atoms with van der Waals surface area (Å²) in [5, 5.41) is 3.02. The number of hydrogen-bond donors (Lipinski definition) is 1. The quantitative estimate of drug-likeness (QED) is 0.806. The summed E-state index contributed by atoms with van der Waals surface area (Å²) in [6.07, 6.45) is 1.62. The van der Waals surface area contributed by atoms with Crippen molar-refractivity contribution < 1.29 is 14.4 Å². The molecule has 1 aliphatic heterocycles. The lowest BCUT2D eigenvalue weighted by Gasteiger charge is -2.37. The van der Waals surface area contributed by atoms with Gasteiger partial charge in [-0.05, 0) is 37.8 Å². The second-order valence-corrected chi connectivity index (χ2v) is 7.54. The van der Waals surface area contributed by atoms with Gasteiger partial charge in [-0.15, -0.1) is 0 Å².